The summed E-state index contributed by atoms with van der Waals surface area (Å²) in [5.41, 5.74) is 0.830. The fourth-order valence-corrected chi connectivity index (χ4v) is 1.11. The average Bonchev–Trinajstić information content (AvgIpc) is 2.25. The Kier molecular flexibility index (Phi) is 2.62. The van der Waals surface area contributed by atoms with Crippen LogP contribution in [0.3, 0.4) is 0 Å². The predicted octanol–water partition coefficient (Wildman–Crippen LogP) is 2.15. The minimum Gasteiger partial charge on any atom is -0.138 e. The fourth-order valence-electron chi connectivity index (χ4n) is 1.11. The number of fused-ring (bicyclic) bond motifs is 1. The van der Waals surface area contributed by atoms with Gasteiger partial charge in [0.2, 0.25) is 0 Å². The van der Waals surface area contributed by atoms with Crippen LogP contribution in [0.4, 0.5) is 0 Å². The Morgan fingerprint density at radius 3 is 2.36 bits per heavy atom. The van der Waals surface area contributed by atoms with Gasteiger partial charge >= 0.3 is 0 Å². The maximum atomic E-state index is 3.94. The van der Waals surface area contributed by atoms with Crippen LogP contribution in [0.15, 0.2) is 54.7 Å². The standard InChI is InChI=1S/C11H9N3/c1-2-4-6-8-11-10(7-5-3-1)9-12-14-13-11/h1-9H. The third-order valence-electron chi connectivity index (χ3n) is 1.78. The molecule has 2 rings (SSSR count). The SMILES string of the molecule is c1ccccc2nnncc2ccc1. The second kappa shape index (κ2) is 4.28. The summed E-state index contributed by atoms with van der Waals surface area (Å²) in [6.45, 7) is 0. The molecule has 2 aromatic rings. The zero-order valence-electron chi connectivity index (χ0n) is 7.54. The number of aromatic nitrogens is 3. The normalized spacial score (nSPS) is 9.43. The smallest absolute Gasteiger partial charge is 0.0963 e. The maximum absolute atomic E-state index is 3.94. The van der Waals surface area contributed by atoms with Crippen molar-refractivity contribution in [3.63, 3.8) is 0 Å². The van der Waals surface area contributed by atoms with E-state index in [9.17, 15) is 0 Å². The molecule has 0 atom stereocenters. The molecule has 0 bridgehead atoms. The molecule has 3 nitrogen and oxygen atoms in total. The van der Waals surface area contributed by atoms with Crippen LogP contribution in [0.25, 0.3) is 10.9 Å². The Labute approximate surface area is 81.8 Å². The van der Waals surface area contributed by atoms with Crippen LogP contribution in [-0.2, 0) is 0 Å². The maximum Gasteiger partial charge on any atom is 0.0963 e. The van der Waals surface area contributed by atoms with E-state index in [4.69, 9.17) is 0 Å². The number of nitrogens with zero attached hydrogens (tertiary/aromatic N) is 3. The first kappa shape index (κ1) is 8.56. The van der Waals surface area contributed by atoms with Gasteiger partial charge in [0, 0.05) is 5.39 Å². The monoisotopic (exact) mass is 183 g/mol. The van der Waals surface area contributed by atoms with Crippen molar-refractivity contribution in [1.29, 1.82) is 0 Å². The first-order valence-corrected chi connectivity index (χ1v) is 4.33. The molecule has 0 N–H and O–H groups in total. The number of rotatable bonds is 0. The molecule has 0 aliphatic heterocycles. The van der Waals surface area contributed by atoms with Crippen molar-refractivity contribution < 1.29 is 0 Å². The average molecular weight is 183 g/mol. The summed E-state index contributed by atoms with van der Waals surface area (Å²) < 4.78 is 0. The molecule has 0 saturated carbocycles. The lowest BCUT2D eigenvalue weighted by Crippen LogP contribution is -1.84. The van der Waals surface area contributed by atoms with Crippen LogP contribution in [0.1, 0.15) is 0 Å². The highest BCUT2D eigenvalue weighted by atomic mass is 15.3. The van der Waals surface area contributed by atoms with Gasteiger partial charge in [0.1, 0.15) is 0 Å². The summed E-state index contributed by atoms with van der Waals surface area (Å²) >= 11 is 0. The quantitative estimate of drug-likeness (QED) is 0.628. The summed E-state index contributed by atoms with van der Waals surface area (Å²) in [5, 5.41) is 12.2. The van der Waals surface area contributed by atoms with Gasteiger partial charge in [-0.3, -0.25) is 0 Å². The highest BCUT2D eigenvalue weighted by molar-refractivity contribution is 5.75. The highest BCUT2D eigenvalue weighted by Gasteiger charge is 1.86. The van der Waals surface area contributed by atoms with Crippen LogP contribution in [0, 0.1) is 0 Å². The van der Waals surface area contributed by atoms with Crippen LogP contribution >= 0.6 is 0 Å². The molecular weight excluding hydrogens is 174 g/mol. The van der Waals surface area contributed by atoms with Gasteiger partial charge in [-0.2, -0.15) is 0 Å². The number of hydrogen-bond donors (Lipinski definition) is 0. The second-order valence-corrected chi connectivity index (χ2v) is 2.76. The van der Waals surface area contributed by atoms with Crippen molar-refractivity contribution in [2.45, 2.75) is 0 Å². The van der Waals surface area contributed by atoms with E-state index in [1.807, 2.05) is 48.5 Å². The molecule has 0 unspecified atom stereocenters. The van der Waals surface area contributed by atoms with Gasteiger partial charge in [-0.1, -0.05) is 42.5 Å². The molecule has 0 saturated heterocycles. The molecule has 0 aliphatic carbocycles. The van der Waals surface area contributed by atoms with Gasteiger partial charge in [0.05, 0.1) is 11.7 Å². The van der Waals surface area contributed by atoms with E-state index >= 15 is 0 Å². The summed E-state index contributed by atoms with van der Waals surface area (Å²) in [6, 6.07) is 15.6. The molecule has 0 fully saturated rings. The topological polar surface area (TPSA) is 38.7 Å². The molecule has 0 spiro atoms. The van der Waals surface area contributed by atoms with E-state index in [-0.39, 0.29) is 0 Å². The van der Waals surface area contributed by atoms with Gasteiger partial charge in [0.25, 0.3) is 0 Å². The van der Waals surface area contributed by atoms with Crippen molar-refractivity contribution >= 4 is 10.9 Å². The van der Waals surface area contributed by atoms with Crippen LogP contribution in [0.2, 0.25) is 0 Å². The van der Waals surface area contributed by atoms with Gasteiger partial charge < -0.3 is 0 Å². The van der Waals surface area contributed by atoms with Crippen LogP contribution in [0.5, 0.6) is 0 Å². The van der Waals surface area contributed by atoms with Crippen molar-refractivity contribution in [2.24, 2.45) is 0 Å². The van der Waals surface area contributed by atoms with Crippen LogP contribution < -0.4 is 0 Å². The first-order valence-electron chi connectivity index (χ1n) is 4.33. The Balaban J connectivity index is 2.76. The van der Waals surface area contributed by atoms with E-state index in [0.29, 0.717) is 0 Å². The Morgan fingerprint density at radius 2 is 1.50 bits per heavy atom. The fraction of sp³-hybridized carbons (Fsp3) is 0. The molecular formula is C11H9N3. The van der Waals surface area contributed by atoms with Crippen molar-refractivity contribution in [3.8, 4) is 0 Å². The highest BCUT2D eigenvalue weighted by Crippen LogP contribution is 2.02. The van der Waals surface area contributed by atoms with E-state index in [1.165, 1.54) is 0 Å². The summed E-state index contributed by atoms with van der Waals surface area (Å²) in [4.78, 5) is 0. The Morgan fingerprint density at radius 1 is 0.786 bits per heavy atom. The largest absolute Gasteiger partial charge is 0.138 e. The first-order chi connectivity index (χ1) is 6.97. The van der Waals surface area contributed by atoms with Gasteiger partial charge in [-0.05, 0) is 11.3 Å². The zero-order valence-corrected chi connectivity index (χ0v) is 7.54. The molecule has 0 amide bonds. The molecule has 1 heterocycles. The van der Waals surface area contributed by atoms with Gasteiger partial charge in [0.15, 0.2) is 0 Å². The van der Waals surface area contributed by atoms with Crippen molar-refractivity contribution in [2.75, 3.05) is 0 Å². The molecule has 14 heavy (non-hydrogen) atoms. The molecule has 1 aromatic carbocycles. The lowest BCUT2D eigenvalue weighted by Gasteiger charge is -1.87. The third kappa shape index (κ3) is 2.01. The van der Waals surface area contributed by atoms with E-state index in [1.54, 1.807) is 6.20 Å². The van der Waals surface area contributed by atoms with Gasteiger partial charge in [-0.25, -0.2) is 0 Å². The molecule has 3 heteroatoms. The lowest BCUT2D eigenvalue weighted by atomic mass is 10.3. The Bertz CT molecular complexity index is 435. The summed E-state index contributed by atoms with van der Waals surface area (Å²) in [6.07, 6.45) is 1.70. The third-order valence-corrected chi connectivity index (χ3v) is 1.78. The molecule has 68 valence electrons. The molecule has 0 radical (unpaired) electrons. The zero-order chi connectivity index (χ0) is 9.64. The second-order valence-electron chi connectivity index (χ2n) is 2.76. The minimum atomic E-state index is 0.830. The van der Waals surface area contributed by atoms with Crippen molar-refractivity contribution in [3.05, 3.63) is 54.7 Å². The minimum absolute atomic E-state index is 0.830. The predicted molar refractivity (Wildman–Crippen MR) is 55.0 cm³/mol. The summed E-state index contributed by atoms with van der Waals surface area (Å²) in [7, 11) is 0. The van der Waals surface area contributed by atoms with E-state index in [2.05, 4.69) is 15.4 Å². The van der Waals surface area contributed by atoms with E-state index in [0.717, 1.165) is 10.9 Å². The van der Waals surface area contributed by atoms with Crippen molar-refractivity contribution in [1.82, 2.24) is 15.4 Å². The van der Waals surface area contributed by atoms with Gasteiger partial charge in [-0.15, -0.1) is 10.2 Å². The summed E-state index contributed by atoms with van der Waals surface area (Å²) in [5.74, 6) is 0. The van der Waals surface area contributed by atoms with Crippen LogP contribution in [-0.4, -0.2) is 15.4 Å². The number of hydrogen-bond acceptors (Lipinski definition) is 3. The lowest BCUT2D eigenvalue weighted by molar-refractivity contribution is 0.896. The Hall–Kier alpha value is -2.03. The van der Waals surface area contributed by atoms with E-state index < -0.39 is 0 Å². The molecule has 1 aromatic heterocycles. The molecule has 0 aliphatic rings.